The van der Waals surface area contributed by atoms with E-state index < -0.39 is 11.8 Å². The number of H-pyrrole nitrogens is 1. The Kier molecular flexibility index (Phi) is 6.21. The number of ether oxygens (including phenoxy) is 1. The van der Waals surface area contributed by atoms with Crippen LogP contribution < -0.4 is 5.32 Å². The third kappa shape index (κ3) is 4.13. The van der Waals surface area contributed by atoms with E-state index in [0.717, 1.165) is 0 Å². The smallest absolute Gasteiger partial charge is 0.356 e. The number of anilines is 1. The van der Waals surface area contributed by atoms with E-state index >= 15 is 0 Å². The summed E-state index contributed by atoms with van der Waals surface area (Å²) in [5.74, 6) is -1.48. The van der Waals surface area contributed by atoms with E-state index in [9.17, 15) is 14.0 Å². The SMILES string of the molecule is CCOC(=O)c1[nH]c2cc(Cl)cc(Cl)c2c1NCCC(=O)c1ccccc1F. The standard InChI is InChI=1S/C20H17Cl2FN2O3/c1-2-28-20(27)19-18(17-13(22)9-11(21)10-15(17)25-19)24-8-7-16(26)12-5-3-4-6-14(12)23/h3-6,9-10,24-25H,2,7-8H2,1H3. The maximum atomic E-state index is 13.8. The molecule has 0 atom stereocenters. The fourth-order valence-corrected chi connectivity index (χ4v) is 3.49. The minimum atomic E-state index is -0.565. The van der Waals surface area contributed by atoms with Gasteiger partial charge in [0.15, 0.2) is 5.78 Å². The number of carbonyl (C=O) groups excluding carboxylic acids is 2. The van der Waals surface area contributed by atoms with Gasteiger partial charge in [-0.2, -0.15) is 0 Å². The Morgan fingerprint density at radius 3 is 2.68 bits per heavy atom. The molecule has 0 amide bonds. The van der Waals surface area contributed by atoms with Crippen LogP contribution in [0.4, 0.5) is 10.1 Å². The summed E-state index contributed by atoms with van der Waals surface area (Å²) in [6.45, 7) is 2.07. The monoisotopic (exact) mass is 422 g/mol. The van der Waals surface area contributed by atoms with Crippen LogP contribution in [0, 0.1) is 5.82 Å². The quantitative estimate of drug-likeness (QED) is 0.390. The summed E-state index contributed by atoms with van der Waals surface area (Å²) in [4.78, 5) is 27.5. The van der Waals surface area contributed by atoms with Crippen molar-refractivity contribution in [2.75, 3.05) is 18.5 Å². The zero-order valence-corrected chi connectivity index (χ0v) is 16.5. The molecule has 146 valence electrons. The molecule has 0 aliphatic carbocycles. The molecule has 0 unspecified atom stereocenters. The molecule has 8 heteroatoms. The number of rotatable bonds is 7. The van der Waals surface area contributed by atoms with Crippen molar-refractivity contribution in [3.8, 4) is 0 Å². The first-order valence-electron chi connectivity index (χ1n) is 8.61. The Morgan fingerprint density at radius 2 is 1.96 bits per heavy atom. The van der Waals surface area contributed by atoms with Crippen LogP contribution in [0.5, 0.6) is 0 Å². The molecule has 0 radical (unpaired) electrons. The second kappa shape index (κ2) is 8.63. The molecule has 5 nitrogen and oxygen atoms in total. The lowest BCUT2D eigenvalue weighted by Crippen LogP contribution is -2.13. The van der Waals surface area contributed by atoms with Crippen LogP contribution in [-0.4, -0.2) is 29.9 Å². The van der Waals surface area contributed by atoms with Gasteiger partial charge < -0.3 is 15.0 Å². The fourth-order valence-electron chi connectivity index (χ4n) is 2.90. The van der Waals surface area contributed by atoms with Gasteiger partial charge in [0.25, 0.3) is 0 Å². The maximum Gasteiger partial charge on any atom is 0.356 e. The van der Waals surface area contributed by atoms with Crippen LogP contribution in [-0.2, 0) is 4.74 Å². The van der Waals surface area contributed by atoms with Gasteiger partial charge in [-0.15, -0.1) is 0 Å². The summed E-state index contributed by atoms with van der Waals surface area (Å²) in [5, 5.41) is 4.37. The van der Waals surface area contributed by atoms with Gasteiger partial charge in [-0.1, -0.05) is 35.3 Å². The van der Waals surface area contributed by atoms with Crippen molar-refractivity contribution in [1.29, 1.82) is 0 Å². The summed E-state index contributed by atoms with van der Waals surface area (Å²) >= 11 is 12.3. The number of hydrogen-bond donors (Lipinski definition) is 2. The van der Waals surface area contributed by atoms with Crippen molar-refractivity contribution in [3.05, 3.63) is 63.5 Å². The lowest BCUT2D eigenvalue weighted by molar-refractivity contribution is 0.0521. The average Bonchev–Trinajstić information content (AvgIpc) is 3.01. The van der Waals surface area contributed by atoms with Crippen LogP contribution in [0.25, 0.3) is 10.9 Å². The van der Waals surface area contributed by atoms with E-state index in [4.69, 9.17) is 27.9 Å². The summed E-state index contributed by atoms with van der Waals surface area (Å²) in [6.07, 6.45) is 0.0289. The number of halogens is 3. The van der Waals surface area contributed by atoms with E-state index in [1.54, 1.807) is 25.1 Å². The van der Waals surface area contributed by atoms with Gasteiger partial charge >= 0.3 is 5.97 Å². The molecule has 0 saturated carbocycles. The first-order chi connectivity index (χ1) is 13.4. The predicted octanol–water partition coefficient (Wildman–Crippen LogP) is 5.48. The molecule has 3 aromatic rings. The van der Waals surface area contributed by atoms with E-state index in [0.29, 0.717) is 26.6 Å². The summed E-state index contributed by atoms with van der Waals surface area (Å²) in [7, 11) is 0. The van der Waals surface area contributed by atoms with Gasteiger partial charge in [-0.3, -0.25) is 4.79 Å². The number of benzene rings is 2. The van der Waals surface area contributed by atoms with Crippen molar-refractivity contribution in [1.82, 2.24) is 4.98 Å². The highest BCUT2D eigenvalue weighted by Crippen LogP contribution is 2.36. The number of hydrogen-bond acceptors (Lipinski definition) is 4. The number of ketones is 1. The third-order valence-electron chi connectivity index (χ3n) is 4.12. The lowest BCUT2D eigenvalue weighted by atomic mass is 10.1. The van der Waals surface area contributed by atoms with Gasteiger partial charge in [0, 0.05) is 23.4 Å². The predicted molar refractivity (Wildman–Crippen MR) is 108 cm³/mol. The van der Waals surface area contributed by atoms with Crippen molar-refractivity contribution < 1.29 is 18.7 Å². The van der Waals surface area contributed by atoms with Gasteiger partial charge in [0.05, 0.1) is 28.4 Å². The fraction of sp³-hybridized carbons (Fsp3) is 0.200. The Hall–Kier alpha value is -2.57. The van der Waals surface area contributed by atoms with Crippen LogP contribution in [0.2, 0.25) is 10.0 Å². The second-order valence-corrected chi connectivity index (χ2v) is 6.83. The van der Waals surface area contributed by atoms with E-state index in [-0.39, 0.29) is 36.6 Å². The number of esters is 1. The number of Topliss-reactive ketones (excluding diaryl/α,β-unsaturated/α-hetero) is 1. The molecule has 0 fully saturated rings. The molecule has 0 aliphatic heterocycles. The number of fused-ring (bicyclic) bond motifs is 1. The molecule has 2 aromatic carbocycles. The van der Waals surface area contributed by atoms with Crippen LogP contribution in [0.1, 0.15) is 34.2 Å². The third-order valence-corrected chi connectivity index (χ3v) is 4.64. The Morgan fingerprint density at radius 1 is 1.21 bits per heavy atom. The normalized spacial score (nSPS) is 10.9. The molecule has 1 aromatic heterocycles. The number of nitrogens with one attached hydrogen (secondary N) is 2. The molecule has 2 N–H and O–H groups in total. The molecule has 28 heavy (non-hydrogen) atoms. The molecule has 3 rings (SSSR count). The van der Waals surface area contributed by atoms with Crippen LogP contribution >= 0.6 is 23.2 Å². The lowest BCUT2D eigenvalue weighted by Gasteiger charge is -2.09. The van der Waals surface area contributed by atoms with Crippen molar-refractivity contribution in [2.45, 2.75) is 13.3 Å². The maximum absolute atomic E-state index is 13.8. The molecule has 0 bridgehead atoms. The largest absolute Gasteiger partial charge is 0.461 e. The Bertz CT molecular complexity index is 1050. The van der Waals surface area contributed by atoms with Gasteiger partial charge in [0.1, 0.15) is 11.5 Å². The van der Waals surface area contributed by atoms with Crippen molar-refractivity contribution in [2.24, 2.45) is 0 Å². The first kappa shape index (κ1) is 20.2. The van der Waals surface area contributed by atoms with E-state index in [2.05, 4.69) is 10.3 Å². The van der Waals surface area contributed by atoms with Gasteiger partial charge in [-0.25, -0.2) is 9.18 Å². The molecular formula is C20H17Cl2FN2O3. The minimum absolute atomic E-state index is 0.0265. The molecule has 0 saturated heterocycles. The molecule has 1 heterocycles. The average molecular weight is 423 g/mol. The van der Waals surface area contributed by atoms with Crippen molar-refractivity contribution >= 4 is 51.5 Å². The van der Waals surface area contributed by atoms with Crippen LogP contribution in [0.3, 0.4) is 0 Å². The highest BCUT2D eigenvalue weighted by Gasteiger charge is 2.21. The minimum Gasteiger partial charge on any atom is -0.461 e. The topological polar surface area (TPSA) is 71.2 Å². The first-order valence-corrected chi connectivity index (χ1v) is 9.37. The number of aromatic amines is 1. The summed E-state index contributed by atoms with van der Waals surface area (Å²) in [6, 6.07) is 9.00. The van der Waals surface area contributed by atoms with Crippen molar-refractivity contribution in [3.63, 3.8) is 0 Å². The second-order valence-electron chi connectivity index (χ2n) is 5.99. The number of carbonyl (C=O) groups is 2. The summed E-state index contributed by atoms with van der Waals surface area (Å²) < 4.78 is 18.8. The molecular weight excluding hydrogens is 406 g/mol. The van der Waals surface area contributed by atoms with Gasteiger partial charge in [0.2, 0.25) is 0 Å². The highest BCUT2D eigenvalue weighted by molar-refractivity contribution is 6.40. The molecule has 0 spiro atoms. The Balaban J connectivity index is 1.87. The zero-order chi connectivity index (χ0) is 20.3. The number of aromatic nitrogens is 1. The van der Waals surface area contributed by atoms with E-state index in [1.807, 2.05) is 0 Å². The van der Waals surface area contributed by atoms with Gasteiger partial charge in [-0.05, 0) is 31.2 Å². The highest BCUT2D eigenvalue weighted by atomic mass is 35.5. The Labute approximate surface area is 170 Å². The van der Waals surface area contributed by atoms with E-state index in [1.165, 1.54) is 18.2 Å². The molecule has 0 aliphatic rings. The summed E-state index contributed by atoms with van der Waals surface area (Å²) in [5.41, 5.74) is 1.18. The zero-order valence-electron chi connectivity index (χ0n) is 14.9. The van der Waals surface area contributed by atoms with Crippen LogP contribution in [0.15, 0.2) is 36.4 Å².